The molecule has 0 spiro atoms. The minimum Gasteiger partial charge on any atom is -0.434 e. The van der Waals surface area contributed by atoms with E-state index < -0.39 is 4.92 Å². The third kappa shape index (κ3) is 2.62. The number of aromatic nitrogens is 2. The number of nitriles is 1. The maximum Gasteiger partial charge on any atom is 0.373 e. The zero-order valence-corrected chi connectivity index (χ0v) is 10.4. The van der Waals surface area contributed by atoms with Crippen molar-refractivity contribution >= 4 is 11.5 Å². The van der Waals surface area contributed by atoms with Gasteiger partial charge in [0.15, 0.2) is 0 Å². The van der Waals surface area contributed by atoms with E-state index in [9.17, 15) is 10.1 Å². The number of benzene rings is 1. The van der Waals surface area contributed by atoms with E-state index in [0.717, 1.165) is 6.33 Å². The molecule has 0 bridgehead atoms. The fourth-order valence-electron chi connectivity index (χ4n) is 1.53. The van der Waals surface area contributed by atoms with Crippen LogP contribution in [0.4, 0.5) is 11.5 Å². The summed E-state index contributed by atoms with van der Waals surface area (Å²) in [5.41, 5.74) is 0.0189. The molecular formula is C12H9N5O3. The number of nitrogens with zero attached hydrogens (tertiary/aromatic N) is 4. The molecule has 1 N–H and O–H groups in total. The van der Waals surface area contributed by atoms with Gasteiger partial charge in [-0.3, -0.25) is 10.1 Å². The van der Waals surface area contributed by atoms with Gasteiger partial charge >= 0.3 is 11.6 Å². The molecule has 8 nitrogen and oxygen atoms in total. The lowest BCUT2D eigenvalue weighted by molar-refractivity contribution is -0.385. The molecule has 0 saturated heterocycles. The highest BCUT2D eigenvalue weighted by Crippen LogP contribution is 2.33. The van der Waals surface area contributed by atoms with Crippen LogP contribution in [-0.2, 0) is 0 Å². The van der Waals surface area contributed by atoms with Crippen molar-refractivity contribution in [2.24, 2.45) is 0 Å². The van der Waals surface area contributed by atoms with Gasteiger partial charge in [-0.15, -0.1) is 0 Å². The summed E-state index contributed by atoms with van der Waals surface area (Å²) in [6.07, 6.45) is 1.16. The van der Waals surface area contributed by atoms with Gasteiger partial charge in [0.1, 0.15) is 12.1 Å². The Morgan fingerprint density at radius 2 is 2.25 bits per heavy atom. The van der Waals surface area contributed by atoms with Crippen LogP contribution in [0.15, 0.2) is 30.6 Å². The zero-order chi connectivity index (χ0) is 14.5. The van der Waals surface area contributed by atoms with Gasteiger partial charge in [-0.25, -0.2) is 4.98 Å². The maximum absolute atomic E-state index is 11.1. The topological polar surface area (TPSA) is 114 Å². The summed E-state index contributed by atoms with van der Waals surface area (Å²) in [6, 6.07) is 8.20. The first-order valence-electron chi connectivity index (χ1n) is 5.51. The predicted octanol–water partition coefficient (Wildman–Crippen LogP) is 2.09. The van der Waals surface area contributed by atoms with Crippen molar-refractivity contribution in [3.63, 3.8) is 0 Å². The van der Waals surface area contributed by atoms with E-state index in [1.54, 1.807) is 18.2 Å². The van der Waals surface area contributed by atoms with Gasteiger partial charge < -0.3 is 10.1 Å². The molecular weight excluding hydrogens is 262 g/mol. The molecule has 0 aliphatic carbocycles. The molecule has 100 valence electrons. The van der Waals surface area contributed by atoms with Crippen LogP contribution in [0.1, 0.15) is 5.56 Å². The lowest BCUT2D eigenvalue weighted by atomic mass is 10.2. The minimum atomic E-state index is -0.630. The summed E-state index contributed by atoms with van der Waals surface area (Å²) < 4.78 is 5.37. The van der Waals surface area contributed by atoms with E-state index in [1.165, 1.54) is 13.1 Å². The van der Waals surface area contributed by atoms with E-state index >= 15 is 0 Å². The molecule has 0 radical (unpaired) electrons. The fraction of sp³-hybridized carbons (Fsp3) is 0.0833. The van der Waals surface area contributed by atoms with Gasteiger partial charge in [0.2, 0.25) is 5.82 Å². The van der Waals surface area contributed by atoms with E-state index in [4.69, 9.17) is 10.00 Å². The molecule has 0 unspecified atom stereocenters. The molecule has 20 heavy (non-hydrogen) atoms. The molecule has 0 fully saturated rings. The van der Waals surface area contributed by atoms with Crippen LogP contribution in [0.2, 0.25) is 0 Å². The van der Waals surface area contributed by atoms with Crippen molar-refractivity contribution in [2.45, 2.75) is 0 Å². The van der Waals surface area contributed by atoms with Crippen LogP contribution < -0.4 is 10.1 Å². The summed E-state index contributed by atoms with van der Waals surface area (Å²) in [4.78, 5) is 18.0. The Morgan fingerprint density at radius 3 is 2.90 bits per heavy atom. The quantitative estimate of drug-likeness (QED) is 0.668. The zero-order valence-electron chi connectivity index (χ0n) is 10.4. The molecule has 1 aromatic heterocycles. The summed E-state index contributed by atoms with van der Waals surface area (Å²) in [5, 5.41) is 22.5. The Bertz CT molecular complexity index is 696. The molecule has 0 saturated carbocycles. The van der Waals surface area contributed by atoms with Gasteiger partial charge in [-0.05, 0) is 18.2 Å². The predicted molar refractivity (Wildman–Crippen MR) is 69.5 cm³/mol. The first-order chi connectivity index (χ1) is 9.65. The SMILES string of the molecule is CNc1ncnc(Oc2cccc(C#N)c2)c1[N+](=O)[O-]. The standard InChI is InChI=1S/C12H9N5O3/c1-14-11-10(17(18)19)12(16-7-15-11)20-9-4-2-3-8(5-9)6-13/h2-5,7H,1H3,(H,14,15,16). The van der Waals surface area contributed by atoms with Gasteiger partial charge in [0, 0.05) is 7.05 Å². The van der Waals surface area contributed by atoms with Crippen LogP contribution in [0, 0.1) is 21.4 Å². The molecule has 1 aromatic carbocycles. The van der Waals surface area contributed by atoms with E-state index in [-0.39, 0.29) is 23.1 Å². The number of hydrogen-bond donors (Lipinski definition) is 1. The highest BCUT2D eigenvalue weighted by atomic mass is 16.6. The number of nitro groups is 1. The van der Waals surface area contributed by atoms with E-state index in [2.05, 4.69) is 15.3 Å². The van der Waals surface area contributed by atoms with Crippen LogP contribution in [-0.4, -0.2) is 21.9 Å². The third-order valence-electron chi connectivity index (χ3n) is 2.39. The largest absolute Gasteiger partial charge is 0.434 e. The number of anilines is 1. The average molecular weight is 271 g/mol. The highest BCUT2D eigenvalue weighted by Gasteiger charge is 2.24. The van der Waals surface area contributed by atoms with Crippen LogP contribution in [0.25, 0.3) is 0 Å². The van der Waals surface area contributed by atoms with Gasteiger partial charge in [-0.1, -0.05) is 6.07 Å². The number of nitrogens with one attached hydrogen (secondary N) is 1. The van der Waals surface area contributed by atoms with Crippen molar-refractivity contribution in [1.82, 2.24) is 9.97 Å². The van der Waals surface area contributed by atoms with Crippen LogP contribution in [0.3, 0.4) is 0 Å². The molecule has 0 aliphatic heterocycles. The number of hydrogen-bond acceptors (Lipinski definition) is 7. The van der Waals surface area contributed by atoms with Gasteiger partial charge in [-0.2, -0.15) is 10.2 Å². The van der Waals surface area contributed by atoms with Gasteiger partial charge in [0.25, 0.3) is 0 Å². The number of ether oxygens (including phenoxy) is 1. The highest BCUT2D eigenvalue weighted by molar-refractivity contribution is 5.61. The summed E-state index contributed by atoms with van der Waals surface area (Å²) in [6.45, 7) is 0. The second kappa shape index (κ2) is 5.62. The molecule has 0 atom stereocenters. The lowest BCUT2D eigenvalue weighted by Crippen LogP contribution is -2.03. The number of rotatable bonds is 4. The summed E-state index contributed by atoms with van der Waals surface area (Å²) >= 11 is 0. The molecule has 8 heteroatoms. The maximum atomic E-state index is 11.1. The first-order valence-corrected chi connectivity index (χ1v) is 5.51. The van der Waals surface area contributed by atoms with Crippen molar-refractivity contribution in [2.75, 3.05) is 12.4 Å². The monoisotopic (exact) mass is 271 g/mol. The Morgan fingerprint density at radius 1 is 1.45 bits per heavy atom. The Labute approximate surface area is 113 Å². The van der Waals surface area contributed by atoms with Crippen LogP contribution in [0.5, 0.6) is 11.6 Å². The lowest BCUT2D eigenvalue weighted by Gasteiger charge is -2.07. The average Bonchev–Trinajstić information content (AvgIpc) is 2.46. The summed E-state index contributed by atoms with van der Waals surface area (Å²) in [5.74, 6) is 0.147. The van der Waals surface area contributed by atoms with Gasteiger partial charge in [0.05, 0.1) is 16.6 Å². The van der Waals surface area contributed by atoms with Crippen molar-refractivity contribution in [3.8, 4) is 17.7 Å². The minimum absolute atomic E-state index is 0.0523. The third-order valence-corrected chi connectivity index (χ3v) is 2.39. The molecule has 2 aromatic rings. The van der Waals surface area contributed by atoms with Crippen LogP contribution >= 0.6 is 0 Å². The molecule has 0 aliphatic rings. The smallest absolute Gasteiger partial charge is 0.373 e. The van der Waals surface area contributed by atoms with Crippen molar-refractivity contribution in [3.05, 3.63) is 46.3 Å². The molecule has 0 amide bonds. The fourth-order valence-corrected chi connectivity index (χ4v) is 1.53. The Kier molecular flexibility index (Phi) is 3.72. The van der Waals surface area contributed by atoms with E-state index in [0.29, 0.717) is 5.56 Å². The second-order valence-electron chi connectivity index (χ2n) is 3.62. The molecule has 1 heterocycles. The normalized spacial score (nSPS) is 9.60. The van der Waals surface area contributed by atoms with Crippen molar-refractivity contribution < 1.29 is 9.66 Å². The van der Waals surface area contributed by atoms with E-state index in [1.807, 2.05) is 6.07 Å². The second-order valence-corrected chi connectivity index (χ2v) is 3.62. The Balaban J connectivity index is 2.43. The first kappa shape index (κ1) is 13.2. The molecule has 2 rings (SSSR count). The van der Waals surface area contributed by atoms with Crippen molar-refractivity contribution in [1.29, 1.82) is 5.26 Å². The summed E-state index contributed by atoms with van der Waals surface area (Å²) in [7, 11) is 1.51. The Hall–Kier alpha value is -3.21.